The smallest absolute Gasteiger partial charge is 0.332 e. The minimum Gasteiger partial charge on any atom is -0.508 e. The number of imidazole rings is 1. The highest BCUT2D eigenvalue weighted by molar-refractivity contribution is 5.75. The lowest BCUT2D eigenvalue weighted by Gasteiger charge is -2.34. The molecule has 0 radical (unpaired) electrons. The van der Waals surface area contributed by atoms with Crippen LogP contribution in [0.4, 0.5) is 5.95 Å². The molecule has 0 bridgehead atoms. The Kier molecular flexibility index (Phi) is 4.05. The fraction of sp³-hybridized carbons (Fsp3) is 0.421. The molecule has 3 heterocycles. The lowest BCUT2D eigenvalue weighted by molar-refractivity contribution is 0.474. The van der Waals surface area contributed by atoms with Gasteiger partial charge < -0.3 is 14.6 Å². The Hall–Kier alpha value is -3.03. The Bertz CT molecular complexity index is 1120. The first kappa shape index (κ1) is 17.4. The number of hydrogen-bond donors (Lipinski definition) is 1. The average molecular weight is 369 g/mol. The van der Waals surface area contributed by atoms with Gasteiger partial charge in [-0.2, -0.15) is 4.98 Å². The number of benzene rings is 1. The number of fused-ring (bicyclic) bond motifs is 3. The zero-order valence-electron chi connectivity index (χ0n) is 15.7. The Balaban J connectivity index is 1.78. The summed E-state index contributed by atoms with van der Waals surface area (Å²) in [5, 5.41) is 9.46. The molecule has 1 aliphatic rings. The molecule has 8 nitrogen and oxygen atoms in total. The summed E-state index contributed by atoms with van der Waals surface area (Å²) < 4.78 is 4.51. The molecule has 0 saturated heterocycles. The van der Waals surface area contributed by atoms with Crippen molar-refractivity contribution in [2.45, 2.75) is 32.4 Å². The van der Waals surface area contributed by atoms with Crippen LogP contribution in [-0.2, 0) is 27.1 Å². The highest BCUT2D eigenvalue weighted by atomic mass is 16.3. The van der Waals surface area contributed by atoms with Crippen molar-refractivity contribution in [2.24, 2.45) is 14.1 Å². The topological polar surface area (TPSA) is 85.3 Å². The number of phenols is 1. The second-order valence-corrected chi connectivity index (χ2v) is 7.21. The summed E-state index contributed by atoms with van der Waals surface area (Å²) in [7, 11) is 3.14. The lowest BCUT2D eigenvalue weighted by atomic mass is 10.1. The summed E-state index contributed by atoms with van der Waals surface area (Å²) in [6.45, 7) is 3.68. The summed E-state index contributed by atoms with van der Waals surface area (Å²) in [6, 6.07) is 7.36. The van der Waals surface area contributed by atoms with Crippen LogP contribution in [0.25, 0.3) is 11.2 Å². The van der Waals surface area contributed by atoms with Crippen LogP contribution in [0.3, 0.4) is 0 Å². The van der Waals surface area contributed by atoms with Gasteiger partial charge in [-0.1, -0.05) is 12.1 Å². The van der Waals surface area contributed by atoms with Crippen molar-refractivity contribution in [2.75, 3.05) is 11.4 Å². The summed E-state index contributed by atoms with van der Waals surface area (Å²) in [6.07, 6.45) is 1.70. The molecule has 0 fully saturated rings. The Morgan fingerprint density at radius 1 is 1.11 bits per heavy atom. The normalized spacial score (nSPS) is 15.1. The van der Waals surface area contributed by atoms with Crippen molar-refractivity contribution < 1.29 is 5.11 Å². The van der Waals surface area contributed by atoms with E-state index in [0.29, 0.717) is 17.7 Å². The van der Waals surface area contributed by atoms with E-state index < -0.39 is 0 Å². The van der Waals surface area contributed by atoms with Gasteiger partial charge in [0.2, 0.25) is 5.95 Å². The number of aromatic hydroxyl groups is 1. The molecular weight excluding hydrogens is 346 g/mol. The maximum atomic E-state index is 12.7. The van der Waals surface area contributed by atoms with Crippen LogP contribution >= 0.6 is 0 Å². The predicted molar refractivity (Wildman–Crippen MR) is 103 cm³/mol. The molecule has 0 saturated carbocycles. The van der Waals surface area contributed by atoms with Gasteiger partial charge in [0, 0.05) is 33.2 Å². The van der Waals surface area contributed by atoms with Crippen LogP contribution in [0.5, 0.6) is 5.75 Å². The van der Waals surface area contributed by atoms with E-state index in [0.717, 1.165) is 35.5 Å². The predicted octanol–water partition coefficient (Wildman–Crippen LogP) is 0.981. The van der Waals surface area contributed by atoms with E-state index in [2.05, 4.69) is 16.8 Å². The minimum absolute atomic E-state index is 0.159. The number of rotatable bonds is 3. The maximum absolute atomic E-state index is 12.7. The standard InChI is InChI=1S/C19H23N5O3/c1-12(11-13-5-7-14(25)8-6-13)23-9-4-10-24-15-16(20-18(23)24)21(2)19(27)22(3)17(15)26/h5-8,12,25H,4,9-11H2,1-3H3. The molecule has 1 aliphatic heterocycles. The minimum atomic E-state index is -0.369. The molecule has 4 rings (SSSR count). The second kappa shape index (κ2) is 6.29. The van der Waals surface area contributed by atoms with Gasteiger partial charge in [0.15, 0.2) is 11.2 Å². The van der Waals surface area contributed by atoms with Crippen molar-refractivity contribution in [1.29, 1.82) is 0 Å². The first-order valence-electron chi connectivity index (χ1n) is 9.09. The van der Waals surface area contributed by atoms with Crippen LogP contribution in [0.2, 0.25) is 0 Å². The largest absolute Gasteiger partial charge is 0.508 e. The van der Waals surface area contributed by atoms with Crippen molar-refractivity contribution in [3.05, 3.63) is 50.7 Å². The van der Waals surface area contributed by atoms with Gasteiger partial charge in [0.05, 0.1) is 0 Å². The molecule has 2 aromatic heterocycles. The summed E-state index contributed by atoms with van der Waals surface area (Å²) >= 11 is 0. The van der Waals surface area contributed by atoms with E-state index in [1.165, 1.54) is 11.6 Å². The first-order chi connectivity index (χ1) is 12.9. The Morgan fingerprint density at radius 2 is 1.81 bits per heavy atom. The SMILES string of the molecule is CC(Cc1ccc(O)cc1)N1CCCn2c1nc1c2c(=O)n(C)c(=O)n1C. The third-order valence-electron chi connectivity index (χ3n) is 5.36. The van der Waals surface area contributed by atoms with Gasteiger partial charge in [-0.25, -0.2) is 4.79 Å². The lowest BCUT2D eigenvalue weighted by Crippen LogP contribution is -2.41. The van der Waals surface area contributed by atoms with E-state index in [4.69, 9.17) is 0 Å². The van der Waals surface area contributed by atoms with Crippen LogP contribution < -0.4 is 16.1 Å². The summed E-state index contributed by atoms with van der Waals surface area (Å²) in [5.41, 5.74) is 1.36. The van der Waals surface area contributed by atoms with Crippen LogP contribution in [-0.4, -0.2) is 36.4 Å². The molecule has 142 valence electrons. The van der Waals surface area contributed by atoms with E-state index in [1.807, 2.05) is 16.7 Å². The molecule has 0 amide bonds. The summed E-state index contributed by atoms with van der Waals surface area (Å²) in [5.74, 6) is 0.990. The number of aromatic nitrogens is 4. The van der Waals surface area contributed by atoms with Gasteiger partial charge in [-0.15, -0.1) is 0 Å². The second-order valence-electron chi connectivity index (χ2n) is 7.21. The van der Waals surface area contributed by atoms with E-state index in [-0.39, 0.29) is 23.0 Å². The number of phenolic OH excluding ortho intramolecular Hbond substituents is 1. The van der Waals surface area contributed by atoms with Crippen molar-refractivity contribution >= 4 is 17.1 Å². The molecule has 1 atom stereocenters. The Morgan fingerprint density at radius 3 is 2.52 bits per heavy atom. The van der Waals surface area contributed by atoms with Crippen molar-refractivity contribution in [3.8, 4) is 5.75 Å². The zero-order valence-corrected chi connectivity index (χ0v) is 15.7. The van der Waals surface area contributed by atoms with Gasteiger partial charge in [-0.05, 0) is 37.5 Å². The fourth-order valence-electron chi connectivity index (χ4n) is 3.87. The molecule has 1 aromatic carbocycles. The molecule has 3 aromatic rings. The average Bonchev–Trinajstić information content (AvgIpc) is 3.06. The molecule has 1 unspecified atom stereocenters. The van der Waals surface area contributed by atoms with Crippen molar-refractivity contribution in [3.63, 3.8) is 0 Å². The highest BCUT2D eigenvalue weighted by Gasteiger charge is 2.28. The fourth-order valence-corrected chi connectivity index (χ4v) is 3.87. The van der Waals surface area contributed by atoms with Gasteiger partial charge in [-0.3, -0.25) is 13.9 Å². The van der Waals surface area contributed by atoms with Gasteiger partial charge >= 0.3 is 5.69 Å². The maximum Gasteiger partial charge on any atom is 0.332 e. The van der Waals surface area contributed by atoms with Gasteiger partial charge in [0.1, 0.15) is 5.75 Å². The quantitative estimate of drug-likeness (QED) is 0.744. The number of hydrogen-bond acceptors (Lipinski definition) is 5. The number of nitrogens with zero attached hydrogens (tertiary/aromatic N) is 5. The monoisotopic (exact) mass is 369 g/mol. The van der Waals surface area contributed by atoms with E-state index >= 15 is 0 Å². The summed E-state index contributed by atoms with van der Waals surface area (Å²) in [4.78, 5) is 31.8. The number of anilines is 1. The molecule has 0 spiro atoms. The molecule has 1 N–H and O–H groups in total. The third kappa shape index (κ3) is 2.72. The first-order valence-corrected chi connectivity index (χ1v) is 9.09. The van der Waals surface area contributed by atoms with Crippen molar-refractivity contribution in [1.82, 2.24) is 18.7 Å². The zero-order chi connectivity index (χ0) is 19.3. The van der Waals surface area contributed by atoms with E-state index in [9.17, 15) is 14.7 Å². The Labute approximate surface area is 155 Å². The van der Waals surface area contributed by atoms with Crippen LogP contribution in [0.15, 0.2) is 33.9 Å². The van der Waals surface area contributed by atoms with Crippen LogP contribution in [0, 0.1) is 0 Å². The molecule has 8 heteroatoms. The van der Waals surface area contributed by atoms with E-state index in [1.54, 1.807) is 19.2 Å². The highest BCUT2D eigenvalue weighted by Crippen LogP contribution is 2.27. The molecule has 0 aliphatic carbocycles. The third-order valence-corrected chi connectivity index (χ3v) is 5.36. The molecule has 27 heavy (non-hydrogen) atoms. The molecular formula is C19H23N5O3. The number of aryl methyl sites for hydroxylation is 2. The van der Waals surface area contributed by atoms with Gasteiger partial charge in [0.25, 0.3) is 5.56 Å². The van der Waals surface area contributed by atoms with Crippen LogP contribution in [0.1, 0.15) is 18.9 Å².